The van der Waals surface area contributed by atoms with E-state index in [0.29, 0.717) is 43.6 Å². The minimum absolute atomic E-state index is 0.250. The Bertz CT molecular complexity index is 1020. The molecule has 60 heavy (non-hydrogen) atoms. The van der Waals surface area contributed by atoms with Crippen LogP contribution in [-0.4, -0.2) is 72.0 Å². The zero-order valence-electron chi connectivity index (χ0n) is 37.8. The number of hydrogen-bond donors (Lipinski definition) is 4. The number of carbonyl (C=O) groups is 6. The predicted octanol–water partition coefficient (Wildman–Crippen LogP) is 12.2. The molecule has 0 aliphatic carbocycles. The molecule has 0 fully saturated rings. The number of rotatable bonds is 17. The fourth-order valence-electron chi connectivity index (χ4n) is 3.52. The lowest BCUT2D eigenvalue weighted by molar-refractivity contribution is -0.130. The highest BCUT2D eigenvalue weighted by molar-refractivity contribution is 5.87. The van der Waals surface area contributed by atoms with Crippen molar-refractivity contribution < 1.29 is 58.7 Å². The van der Waals surface area contributed by atoms with E-state index in [1.807, 2.05) is 100 Å². The first kappa shape index (κ1) is 69.1. The quantitative estimate of drug-likeness (QED) is 0.0740. The first-order valence-electron chi connectivity index (χ1n) is 20.5. The molecular formula is C48H80O12. The summed E-state index contributed by atoms with van der Waals surface area (Å²) in [6.45, 7) is 18.2. The van der Waals surface area contributed by atoms with Gasteiger partial charge < -0.3 is 29.9 Å². The van der Waals surface area contributed by atoms with E-state index in [9.17, 15) is 14.4 Å². The average molecular weight is 849 g/mol. The Morgan fingerprint density at radius 2 is 0.650 bits per heavy atom. The van der Waals surface area contributed by atoms with E-state index in [0.717, 1.165) is 0 Å². The predicted molar refractivity (Wildman–Crippen MR) is 244 cm³/mol. The fourth-order valence-corrected chi connectivity index (χ4v) is 3.52. The summed E-state index contributed by atoms with van der Waals surface area (Å²) in [7, 11) is 0. The molecule has 0 aliphatic rings. The molecule has 0 spiro atoms. The van der Waals surface area contributed by atoms with E-state index in [4.69, 9.17) is 34.8 Å². The van der Waals surface area contributed by atoms with Crippen LogP contribution in [0, 0.1) is 11.8 Å². The topological polar surface area (TPSA) is 202 Å². The van der Waals surface area contributed by atoms with Gasteiger partial charge in [0.2, 0.25) is 0 Å². The average Bonchev–Trinajstić information content (AvgIpc) is 3.26. The standard InChI is InChI=1S/2C8H18.C7H6O2.2C6H6.2C5H10O2.3CH2O2/c2*1-3-5-7-8-6-4-2;8-7(9)6-4-2-1-3-5-6;2*1-2-4-6-5-3-1;2*1-5(2)3-7-4-6;3*2-1-3/h2*3-8H2,1-2H3;1-5H,(H,8,9);2*1-6H;2*4-5H,3H2,1-2H3;3*1H,(H,2,3). The molecule has 12 nitrogen and oxygen atoms in total. The second kappa shape index (κ2) is 74.4. The maximum Gasteiger partial charge on any atom is 0.335 e. The molecule has 344 valence electrons. The van der Waals surface area contributed by atoms with Crippen LogP contribution < -0.4 is 0 Å². The van der Waals surface area contributed by atoms with E-state index >= 15 is 0 Å². The van der Waals surface area contributed by atoms with E-state index in [-0.39, 0.29) is 19.4 Å². The minimum Gasteiger partial charge on any atom is -0.483 e. The van der Waals surface area contributed by atoms with Crippen molar-refractivity contribution in [3.05, 3.63) is 109 Å². The number of aromatic carboxylic acids is 1. The van der Waals surface area contributed by atoms with Crippen LogP contribution in [0.25, 0.3) is 0 Å². The van der Waals surface area contributed by atoms with Gasteiger partial charge in [-0.25, -0.2) is 4.79 Å². The van der Waals surface area contributed by atoms with Crippen molar-refractivity contribution in [1.82, 2.24) is 0 Å². The number of unbranched alkanes of at least 4 members (excludes halogenated alkanes) is 10. The number of ether oxygens (including phenoxy) is 2. The zero-order valence-corrected chi connectivity index (χ0v) is 37.8. The molecule has 0 radical (unpaired) electrons. The van der Waals surface area contributed by atoms with Gasteiger partial charge in [0.15, 0.2) is 0 Å². The Morgan fingerprint density at radius 1 is 0.450 bits per heavy atom. The van der Waals surface area contributed by atoms with Crippen molar-refractivity contribution in [2.24, 2.45) is 11.8 Å². The molecule has 0 heterocycles. The van der Waals surface area contributed by atoms with Crippen LogP contribution in [0.1, 0.15) is 143 Å². The Morgan fingerprint density at radius 3 is 0.767 bits per heavy atom. The molecule has 0 unspecified atom stereocenters. The maximum absolute atomic E-state index is 10.2. The van der Waals surface area contributed by atoms with Crippen molar-refractivity contribution in [3.8, 4) is 0 Å². The third-order valence-corrected chi connectivity index (χ3v) is 6.26. The summed E-state index contributed by atoms with van der Waals surface area (Å²) in [6.07, 6.45) is 17.0. The molecule has 12 heteroatoms. The van der Waals surface area contributed by atoms with Crippen LogP contribution in [0.15, 0.2) is 103 Å². The zero-order chi connectivity index (χ0) is 47.2. The van der Waals surface area contributed by atoms with E-state index in [1.54, 1.807) is 30.3 Å². The molecule has 0 amide bonds. The molecule has 3 aromatic carbocycles. The van der Waals surface area contributed by atoms with Gasteiger partial charge in [-0.05, 0) is 24.0 Å². The van der Waals surface area contributed by atoms with Gasteiger partial charge in [0, 0.05) is 0 Å². The fraction of sp³-hybridized carbons (Fsp3) is 0.500. The largest absolute Gasteiger partial charge is 0.483 e. The SMILES string of the molecule is CC(C)COC=O.CC(C)COC=O.CCCCCCCC.CCCCCCCC.O=C(O)c1ccccc1.O=CO.O=CO.O=CO.c1ccccc1.c1ccccc1. The van der Waals surface area contributed by atoms with Gasteiger partial charge in [0.25, 0.3) is 32.4 Å². The maximum atomic E-state index is 10.2. The highest BCUT2D eigenvalue weighted by atomic mass is 16.5. The monoisotopic (exact) mass is 849 g/mol. The van der Waals surface area contributed by atoms with E-state index in [2.05, 4.69) is 37.2 Å². The first-order chi connectivity index (χ1) is 28.9. The molecule has 0 atom stereocenters. The summed E-state index contributed by atoms with van der Waals surface area (Å²) in [4.78, 5) is 54.3. The van der Waals surface area contributed by atoms with Crippen LogP contribution in [-0.2, 0) is 33.4 Å². The minimum atomic E-state index is -0.879. The van der Waals surface area contributed by atoms with Crippen molar-refractivity contribution in [2.45, 2.75) is 132 Å². The van der Waals surface area contributed by atoms with E-state index < -0.39 is 5.97 Å². The van der Waals surface area contributed by atoms with E-state index in [1.165, 1.54) is 77.0 Å². The van der Waals surface area contributed by atoms with Crippen LogP contribution in [0.2, 0.25) is 0 Å². The third kappa shape index (κ3) is 105. The van der Waals surface area contributed by atoms with Crippen LogP contribution >= 0.6 is 0 Å². The Labute approximate surface area is 362 Å². The molecule has 0 aliphatic heterocycles. The highest BCUT2D eigenvalue weighted by Gasteiger charge is 1.96. The van der Waals surface area contributed by atoms with Gasteiger partial charge >= 0.3 is 5.97 Å². The molecule has 3 rings (SSSR count). The number of carboxylic acid groups (broad SMARTS) is 4. The second-order valence-electron chi connectivity index (χ2n) is 12.8. The highest BCUT2D eigenvalue weighted by Crippen LogP contribution is 2.04. The Kier molecular flexibility index (Phi) is 85.8. The van der Waals surface area contributed by atoms with Crippen molar-refractivity contribution in [2.75, 3.05) is 13.2 Å². The van der Waals surface area contributed by atoms with Gasteiger partial charge in [-0.2, -0.15) is 0 Å². The molecule has 0 saturated carbocycles. The molecule has 0 aromatic heterocycles. The van der Waals surface area contributed by atoms with Crippen molar-refractivity contribution in [3.63, 3.8) is 0 Å². The molecule has 4 N–H and O–H groups in total. The number of carbonyl (C=O) groups excluding carboxylic acids is 2. The van der Waals surface area contributed by atoms with Crippen LogP contribution in [0.5, 0.6) is 0 Å². The van der Waals surface area contributed by atoms with Crippen molar-refractivity contribution in [1.29, 1.82) is 0 Å². The van der Waals surface area contributed by atoms with Crippen LogP contribution in [0.4, 0.5) is 0 Å². The van der Waals surface area contributed by atoms with Gasteiger partial charge in [0.05, 0.1) is 18.8 Å². The number of hydrogen-bond acceptors (Lipinski definition) is 8. The summed E-state index contributed by atoms with van der Waals surface area (Å²) < 4.78 is 8.83. The second-order valence-corrected chi connectivity index (χ2v) is 12.8. The van der Waals surface area contributed by atoms with Gasteiger partial charge in [-0.3, -0.25) is 24.0 Å². The lowest BCUT2D eigenvalue weighted by Gasteiger charge is -1.98. The first-order valence-corrected chi connectivity index (χ1v) is 20.5. The smallest absolute Gasteiger partial charge is 0.335 e. The van der Waals surface area contributed by atoms with Gasteiger partial charge in [-0.1, -0.05) is 223 Å². The molecule has 0 saturated heterocycles. The van der Waals surface area contributed by atoms with Crippen LogP contribution in [0.3, 0.4) is 0 Å². The number of carboxylic acids is 1. The van der Waals surface area contributed by atoms with Gasteiger partial charge in [0.1, 0.15) is 0 Å². The summed E-state index contributed by atoms with van der Waals surface area (Å²) >= 11 is 0. The summed E-state index contributed by atoms with van der Waals surface area (Å²) in [5, 5.41) is 29.1. The molecule has 3 aromatic rings. The summed E-state index contributed by atoms with van der Waals surface area (Å²) in [5.74, 6) is 0.0194. The lowest BCUT2D eigenvalue weighted by Crippen LogP contribution is -1.98. The number of benzene rings is 3. The third-order valence-electron chi connectivity index (χ3n) is 6.26. The lowest BCUT2D eigenvalue weighted by atomic mass is 10.1. The molecule has 0 bridgehead atoms. The summed E-state index contributed by atoms with van der Waals surface area (Å²) in [5.41, 5.74) is 0.331. The van der Waals surface area contributed by atoms with Gasteiger partial charge in [-0.15, -0.1) is 0 Å². The van der Waals surface area contributed by atoms with Crippen molar-refractivity contribution >= 4 is 38.3 Å². The Hall–Kier alpha value is -5.52. The molecular weight excluding hydrogens is 769 g/mol. The normalized spacial score (nSPS) is 8.23. The Balaban J connectivity index is -0.000000106. The summed E-state index contributed by atoms with van der Waals surface area (Å²) in [6, 6.07) is 32.3.